The van der Waals surface area contributed by atoms with Crippen molar-refractivity contribution in [2.45, 2.75) is 33.7 Å². The maximum atomic E-state index is 13.5. The normalized spacial score (nSPS) is 15.3. The highest BCUT2D eigenvalue weighted by Gasteiger charge is 2.19. The Labute approximate surface area is 189 Å². The lowest BCUT2D eigenvalue weighted by molar-refractivity contribution is 0.0381. The quantitative estimate of drug-likeness (QED) is 0.631. The Morgan fingerprint density at radius 2 is 1.81 bits per heavy atom. The van der Waals surface area contributed by atoms with Crippen molar-refractivity contribution in [3.05, 3.63) is 70.0 Å². The van der Waals surface area contributed by atoms with Gasteiger partial charge in [0.25, 0.3) is 5.56 Å². The predicted octanol–water partition coefficient (Wildman–Crippen LogP) is 3.84. The zero-order valence-electron chi connectivity index (χ0n) is 19.4. The predicted molar refractivity (Wildman–Crippen MR) is 127 cm³/mol. The van der Waals surface area contributed by atoms with Crippen LogP contribution in [0.1, 0.15) is 38.2 Å². The molecule has 0 radical (unpaired) electrons. The maximum Gasteiger partial charge on any atom is 0.266 e. The molecule has 0 spiro atoms. The summed E-state index contributed by atoms with van der Waals surface area (Å²) in [5.74, 6) is 0.279. The minimum atomic E-state index is -0.338. The Morgan fingerprint density at radius 1 is 1.12 bits per heavy atom. The largest absolute Gasteiger partial charge is 0.379 e. The molecule has 4 rings (SSSR count). The van der Waals surface area contributed by atoms with E-state index in [1.54, 1.807) is 16.7 Å². The lowest BCUT2D eigenvalue weighted by Gasteiger charge is -2.27. The average molecular weight is 441 g/mol. The van der Waals surface area contributed by atoms with Crippen LogP contribution in [0.2, 0.25) is 0 Å². The first-order chi connectivity index (χ1) is 15.5. The molecule has 0 aliphatic carbocycles. The number of morpholine rings is 1. The van der Waals surface area contributed by atoms with Crippen molar-refractivity contribution in [1.29, 1.82) is 0 Å². The number of nitrogens with zero attached hydrogens (tertiary/aromatic N) is 3. The first-order valence-corrected chi connectivity index (χ1v) is 11.4. The molecule has 172 valence electrons. The van der Waals surface area contributed by atoms with Crippen LogP contribution in [0.3, 0.4) is 0 Å². The Bertz CT molecular complexity index is 1080. The molecule has 3 aromatic rings. The van der Waals surface area contributed by atoms with Gasteiger partial charge >= 0.3 is 0 Å². The minimum absolute atomic E-state index is 0.137. The van der Waals surface area contributed by atoms with Crippen LogP contribution in [-0.4, -0.2) is 53.8 Å². The lowest BCUT2D eigenvalue weighted by atomic mass is 10.1. The van der Waals surface area contributed by atoms with Gasteiger partial charge in [0.1, 0.15) is 11.6 Å². The highest BCUT2D eigenvalue weighted by Crippen LogP contribution is 2.20. The van der Waals surface area contributed by atoms with Gasteiger partial charge in [-0.1, -0.05) is 26.0 Å². The van der Waals surface area contributed by atoms with E-state index in [2.05, 4.69) is 10.2 Å². The van der Waals surface area contributed by atoms with Gasteiger partial charge < -0.3 is 10.1 Å². The molecule has 6 nitrogen and oxygen atoms in total. The molecule has 1 N–H and O–H groups in total. The third-order valence-corrected chi connectivity index (χ3v) is 5.59. The third kappa shape index (κ3) is 5.41. The summed E-state index contributed by atoms with van der Waals surface area (Å²) >= 11 is 0. The van der Waals surface area contributed by atoms with Crippen molar-refractivity contribution in [2.24, 2.45) is 0 Å². The van der Waals surface area contributed by atoms with Gasteiger partial charge in [0.15, 0.2) is 0 Å². The Kier molecular flexibility index (Phi) is 8.50. The van der Waals surface area contributed by atoms with E-state index >= 15 is 0 Å². The molecule has 32 heavy (non-hydrogen) atoms. The fourth-order valence-electron chi connectivity index (χ4n) is 3.90. The summed E-state index contributed by atoms with van der Waals surface area (Å²) in [4.78, 5) is 20.6. The summed E-state index contributed by atoms with van der Waals surface area (Å²) in [5, 5.41) is 4.08. The van der Waals surface area contributed by atoms with E-state index < -0.39 is 0 Å². The standard InChI is InChI=1S/C23H27FN4O2.C2H6/c1-16-4-3-5-20-21(16)23(29)28(19-8-6-18(24)7-9-19)22(26-20)17(2)25-10-11-27-12-14-30-15-13-27;1-2/h3-9,17,25H,10-15H2,1-2H3;1-2H3. The second kappa shape index (κ2) is 11.3. The number of halogens is 1. The molecule has 1 unspecified atom stereocenters. The van der Waals surface area contributed by atoms with Crippen LogP contribution in [0.25, 0.3) is 16.6 Å². The van der Waals surface area contributed by atoms with E-state index in [0.29, 0.717) is 22.4 Å². The molecule has 7 heteroatoms. The van der Waals surface area contributed by atoms with Gasteiger partial charge in [-0.15, -0.1) is 0 Å². The minimum Gasteiger partial charge on any atom is -0.379 e. The van der Waals surface area contributed by atoms with Gasteiger partial charge in [0.2, 0.25) is 0 Å². The first kappa shape index (κ1) is 24.0. The van der Waals surface area contributed by atoms with Gasteiger partial charge in [0.05, 0.1) is 35.8 Å². The second-order valence-corrected chi connectivity index (χ2v) is 7.69. The average Bonchev–Trinajstić information content (AvgIpc) is 2.81. The van der Waals surface area contributed by atoms with Crippen LogP contribution >= 0.6 is 0 Å². The fraction of sp³-hybridized carbons (Fsp3) is 0.440. The number of ether oxygens (including phenoxy) is 1. The van der Waals surface area contributed by atoms with Crippen LogP contribution in [0, 0.1) is 12.7 Å². The van der Waals surface area contributed by atoms with Crippen molar-refractivity contribution in [3.8, 4) is 5.69 Å². The second-order valence-electron chi connectivity index (χ2n) is 7.69. The lowest BCUT2D eigenvalue weighted by Crippen LogP contribution is -2.41. The van der Waals surface area contributed by atoms with E-state index in [1.807, 2.05) is 45.9 Å². The molecular formula is C25H33FN4O2. The van der Waals surface area contributed by atoms with E-state index in [4.69, 9.17) is 9.72 Å². The topological polar surface area (TPSA) is 59.4 Å². The Morgan fingerprint density at radius 3 is 2.50 bits per heavy atom. The smallest absolute Gasteiger partial charge is 0.266 e. The summed E-state index contributed by atoms with van der Waals surface area (Å²) in [6, 6.07) is 11.5. The number of aryl methyl sites for hydroxylation is 1. The van der Waals surface area contributed by atoms with Crippen LogP contribution in [0.5, 0.6) is 0 Å². The van der Waals surface area contributed by atoms with Gasteiger partial charge in [0, 0.05) is 26.2 Å². The number of benzene rings is 2. The zero-order valence-corrected chi connectivity index (χ0v) is 19.4. The zero-order chi connectivity index (χ0) is 23.1. The van der Waals surface area contributed by atoms with Gasteiger partial charge in [-0.2, -0.15) is 0 Å². The molecule has 0 amide bonds. The summed E-state index contributed by atoms with van der Waals surface area (Å²) in [7, 11) is 0. The summed E-state index contributed by atoms with van der Waals surface area (Å²) in [6.07, 6.45) is 0. The van der Waals surface area contributed by atoms with Crippen molar-refractivity contribution in [3.63, 3.8) is 0 Å². The van der Waals surface area contributed by atoms with Crippen molar-refractivity contribution >= 4 is 10.9 Å². The molecular weight excluding hydrogens is 407 g/mol. The fourth-order valence-corrected chi connectivity index (χ4v) is 3.90. The molecule has 1 atom stereocenters. The molecule has 1 saturated heterocycles. The Balaban J connectivity index is 0.00000141. The van der Waals surface area contributed by atoms with Crippen LogP contribution in [0.15, 0.2) is 47.3 Å². The summed E-state index contributed by atoms with van der Waals surface area (Å²) in [6.45, 7) is 13.0. The summed E-state index contributed by atoms with van der Waals surface area (Å²) < 4.78 is 20.5. The van der Waals surface area contributed by atoms with Crippen molar-refractivity contribution < 1.29 is 9.13 Å². The molecule has 2 aromatic carbocycles. The molecule has 0 saturated carbocycles. The molecule has 1 fully saturated rings. The van der Waals surface area contributed by atoms with Crippen LogP contribution in [-0.2, 0) is 4.74 Å². The SMILES string of the molecule is CC.Cc1cccc2nc(C(C)NCCN3CCOCC3)n(-c3ccc(F)cc3)c(=O)c12. The molecule has 0 bridgehead atoms. The number of rotatable bonds is 6. The van der Waals surface area contributed by atoms with Gasteiger partial charge in [-0.25, -0.2) is 9.37 Å². The van der Waals surface area contributed by atoms with Gasteiger partial charge in [-0.3, -0.25) is 14.3 Å². The Hall–Kier alpha value is -2.61. The van der Waals surface area contributed by atoms with E-state index in [-0.39, 0.29) is 17.4 Å². The molecule has 1 aromatic heterocycles. The number of fused-ring (bicyclic) bond motifs is 1. The van der Waals surface area contributed by atoms with Crippen molar-refractivity contribution in [2.75, 3.05) is 39.4 Å². The highest BCUT2D eigenvalue weighted by atomic mass is 19.1. The van der Waals surface area contributed by atoms with Crippen molar-refractivity contribution in [1.82, 2.24) is 19.8 Å². The highest BCUT2D eigenvalue weighted by molar-refractivity contribution is 5.81. The first-order valence-electron chi connectivity index (χ1n) is 11.4. The number of aromatic nitrogens is 2. The molecule has 1 aliphatic heterocycles. The van der Waals surface area contributed by atoms with Gasteiger partial charge in [-0.05, 0) is 49.7 Å². The van der Waals surface area contributed by atoms with E-state index in [0.717, 1.165) is 45.0 Å². The molecule has 1 aliphatic rings. The number of hydrogen-bond donors (Lipinski definition) is 1. The third-order valence-electron chi connectivity index (χ3n) is 5.59. The van der Waals surface area contributed by atoms with E-state index in [1.165, 1.54) is 12.1 Å². The monoisotopic (exact) mass is 440 g/mol. The van der Waals surface area contributed by atoms with Crippen LogP contribution in [0.4, 0.5) is 4.39 Å². The van der Waals surface area contributed by atoms with E-state index in [9.17, 15) is 9.18 Å². The summed E-state index contributed by atoms with van der Waals surface area (Å²) in [5.41, 5.74) is 2.02. The molecule has 2 heterocycles. The maximum absolute atomic E-state index is 13.5. The number of hydrogen-bond acceptors (Lipinski definition) is 5. The number of nitrogens with one attached hydrogen (secondary N) is 1. The van der Waals surface area contributed by atoms with Crippen LogP contribution < -0.4 is 10.9 Å².